The number of hydrogen-bond acceptors (Lipinski definition) is 15. The SMILES string of the molecule is CC/C=C\C/C=C\C/C=C\C/C=C\CCCCCCC(=O)OCC(COP(=O)(O)OCC(O)COP(=O)(O)OCC(COC(=O)CCCCCCCC/C=C\C/C=C\C/C=C\CCCCC)OC(=O)CCCCCCC/C=C\C/C=C\CCC)OC(=O)CCCCCCC/C=C\C/C=C\CCC. The van der Waals surface area contributed by atoms with Crippen LogP contribution in [0.3, 0.4) is 0 Å². The van der Waals surface area contributed by atoms with E-state index < -0.39 is 97.5 Å². The summed E-state index contributed by atoms with van der Waals surface area (Å²) in [7, 11) is -9.98. The highest BCUT2D eigenvalue weighted by Gasteiger charge is 2.30. The van der Waals surface area contributed by atoms with Crippen molar-refractivity contribution in [1.82, 2.24) is 0 Å². The van der Waals surface area contributed by atoms with Gasteiger partial charge in [0.2, 0.25) is 0 Å². The molecule has 0 bridgehead atoms. The summed E-state index contributed by atoms with van der Waals surface area (Å²) < 4.78 is 68.5. The molecule has 5 atom stereocenters. The summed E-state index contributed by atoms with van der Waals surface area (Å²) in [6.07, 6.45) is 82.9. The molecular weight excluding hydrogens is 1330 g/mol. The lowest BCUT2D eigenvalue weighted by molar-refractivity contribution is -0.161. The molecule has 0 aliphatic carbocycles. The third-order valence-corrected chi connectivity index (χ3v) is 17.9. The number of ether oxygens (including phenoxy) is 4. The molecule has 0 heterocycles. The Morgan fingerprint density at radius 2 is 0.529 bits per heavy atom. The summed E-state index contributed by atoms with van der Waals surface area (Å²) in [6.45, 7) is 4.53. The lowest BCUT2D eigenvalue weighted by Crippen LogP contribution is -2.30. The van der Waals surface area contributed by atoms with Gasteiger partial charge in [-0.05, 0) is 154 Å². The standard InChI is InChI=1S/C83H140O17P2/c1-5-9-13-17-21-25-29-33-35-37-38-40-42-46-48-52-56-60-64-68-81(86)94-74-79(100-83(88)70-66-62-58-54-50-44-32-28-24-20-16-12-8-4)76-98-102(91,92)96-72-77(84)71-95-101(89,90)97-75-78(99-82(87)69-65-61-57-53-49-43-31-27-23-19-15-11-7-3)73-93-80(85)67-63-59-55-51-47-45-41-39-36-34-30-26-22-18-14-10-6-2/h10,14-16,19-22,25-28,31-36,38,40-41,45,77-79,84H,5-9,11-13,17-18,23-24,29-30,37,39,42-44,46-76H2,1-4H3,(H,89,90)(H,91,92)/b14-10-,19-15-,20-16-,25-21-,26-22-,31-27-,32-28-,35-33-,36-34-,40-38-,45-41-. The Hall–Kier alpha value is -4.80. The summed E-state index contributed by atoms with van der Waals surface area (Å²) in [5.41, 5.74) is 0. The van der Waals surface area contributed by atoms with Crippen LogP contribution in [0, 0.1) is 0 Å². The van der Waals surface area contributed by atoms with E-state index in [1.807, 2.05) is 0 Å². The number of allylic oxidation sites excluding steroid dienone is 22. The first kappa shape index (κ1) is 97.2. The molecule has 0 aromatic rings. The van der Waals surface area contributed by atoms with Crippen molar-refractivity contribution in [2.45, 2.75) is 329 Å². The van der Waals surface area contributed by atoms with Gasteiger partial charge in [-0.2, -0.15) is 0 Å². The minimum atomic E-state index is -4.99. The Bertz CT molecular complexity index is 2460. The van der Waals surface area contributed by atoms with Gasteiger partial charge in [-0.25, -0.2) is 9.13 Å². The molecule has 0 amide bonds. The van der Waals surface area contributed by atoms with Crippen molar-refractivity contribution in [2.75, 3.05) is 39.6 Å². The molecule has 0 radical (unpaired) electrons. The fraction of sp³-hybridized carbons (Fsp3) is 0.687. The number of carbonyl (C=O) groups is 4. The third-order valence-electron chi connectivity index (χ3n) is 16.0. The third kappa shape index (κ3) is 73.5. The fourth-order valence-corrected chi connectivity index (χ4v) is 11.6. The van der Waals surface area contributed by atoms with E-state index >= 15 is 0 Å². The first-order valence-electron chi connectivity index (χ1n) is 39.4. The van der Waals surface area contributed by atoms with Crippen molar-refractivity contribution in [2.24, 2.45) is 0 Å². The van der Waals surface area contributed by atoms with Gasteiger partial charge in [0, 0.05) is 25.7 Å². The number of aliphatic hydroxyl groups is 1. The van der Waals surface area contributed by atoms with Gasteiger partial charge in [0.25, 0.3) is 0 Å². The highest BCUT2D eigenvalue weighted by Crippen LogP contribution is 2.45. The molecule has 0 spiro atoms. The largest absolute Gasteiger partial charge is 0.472 e. The van der Waals surface area contributed by atoms with Gasteiger partial charge in [0.15, 0.2) is 12.2 Å². The highest BCUT2D eigenvalue weighted by atomic mass is 31.2. The quantitative estimate of drug-likeness (QED) is 0.0169. The smallest absolute Gasteiger partial charge is 0.462 e. The Morgan fingerprint density at radius 1 is 0.284 bits per heavy atom. The number of rotatable bonds is 73. The van der Waals surface area contributed by atoms with E-state index in [4.69, 9.17) is 37.0 Å². The summed E-state index contributed by atoms with van der Waals surface area (Å²) in [4.78, 5) is 73.0. The predicted octanol–water partition coefficient (Wildman–Crippen LogP) is 22.9. The molecule has 102 heavy (non-hydrogen) atoms. The minimum absolute atomic E-state index is 0.0695. The van der Waals surface area contributed by atoms with Crippen molar-refractivity contribution in [3.05, 3.63) is 134 Å². The number of phosphoric ester groups is 2. The molecule has 0 saturated carbocycles. The predicted molar refractivity (Wildman–Crippen MR) is 418 cm³/mol. The molecule has 5 unspecified atom stereocenters. The van der Waals surface area contributed by atoms with Gasteiger partial charge < -0.3 is 33.8 Å². The monoisotopic (exact) mass is 1470 g/mol. The van der Waals surface area contributed by atoms with Crippen LogP contribution in [0.5, 0.6) is 0 Å². The summed E-state index contributed by atoms with van der Waals surface area (Å²) in [5.74, 6) is -2.25. The molecule has 17 nitrogen and oxygen atoms in total. The zero-order valence-corrected chi connectivity index (χ0v) is 65.5. The van der Waals surface area contributed by atoms with Crippen LogP contribution >= 0.6 is 15.6 Å². The number of hydrogen-bond donors (Lipinski definition) is 3. The van der Waals surface area contributed by atoms with E-state index in [9.17, 15) is 43.2 Å². The van der Waals surface area contributed by atoms with Crippen LogP contribution in [0.1, 0.15) is 310 Å². The van der Waals surface area contributed by atoms with Crippen LogP contribution in [0.25, 0.3) is 0 Å². The maximum absolute atomic E-state index is 13.1. The van der Waals surface area contributed by atoms with Gasteiger partial charge in [-0.3, -0.25) is 37.3 Å². The van der Waals surface area contributed by atoms with Gasteiger partial charge in [-0.15, -0.1) is 0 Å². The molecule has 19 heteroatoms. The van der Waals surface area contributed by atoms with Gasteiger partial charge in [-0.1, -0.05) is 264 Å². The Morgan fingerprint density at radius 3 is 0.824 bits per heavy atom. The van der Waals surface area contributed by atoms with E-state index in [1.165, 1.54) is 19.3 Å². The zero-order chi connectivity index (χ0) is 74.6. The van der Waals surface area contributed by atoms with Crippen LogP contribution < -0.4 is 0 Å². The first-order chi connectivity index (χ1) is 49.7. The topological polar surface area (TPSA) is 237 Å². The van der Waals surface area contributed by atoms with E-state index in [0.717, 1.165) is 212 Å². The van der Waals surface area contributed by atoms with E-state index in [1.54, 1.807) is 0 Å². The average molecular weight is 1470 g/mol. The van der Waals surface area contributed by atoms with Crippen molar-refractivity contribution >= 4 is 39.5 Å². The molecule has 0 aromatic carbocycles. The number of unbranched alkanes of at least 4 members (excludes halogenated alkanes) is 25. The lowest BCUT2D eigenvalue weighted by Gasteiger charge is -2.21. The van der Waals surface area contributed by atoms with E-state index in [0.29, 0.717) is 25.7 Å². The Kier molecular flexibility index (Phi) is 71.0. The summed E-state index contributed by atoms with van der Waals surface area (Å²) in [5, 5.41) is 10.6. The van der Waals surface area contributed by atoms with Gasteiger partial charge in [0.05, 0.1) is 26.4 Å². The zero-order valence-electron chi connectivity index (χ0n) is 63.7. The second-order valence-electron chi connectivity index (χ2n) is 25.9. The molecule has 0 fully saturated rings. The van der Waals surface area contributed by atoms with Crippen molar-refractivity contribution in [3.63, 3.8) is 0 Å². The molecule has 0 aliphatic rings. The summed E-state index contributed by atoms with van der Waals surface area (Å²) in [6, 6.07) is 0. The molecule has 0 aromatic heterocycles. The summed E-state index contributed by atoms with van der Waals surface area (Å²) >= 11 is 0. The molecular formula is C83H140O17P2. The van der Waals surface area contributed by atoms with Gasteiger partial charge in [0.1, 0.15) is 19.3 Å². The van der Waals surface area contributed by atoms with Crippen molar-refractivity contribution in [3.8, 4) is 0 Å². The maximum Gasteiger partial charge on any atom is 0.472 e. The highest BCUT2D eigenvalue weighted by molar-refractivity contribution is 7.47. The molecule has 0 saturated heterocycles. The van der Waals surface area contributed by atoms with Crippen molar-refractivity contribution in [1.29, 1.82) is 0 Å². The normalized spacial score (nSPS) is 14.6. The fourth-order valence-electron chi connectivity index (χ4n) is 10.1. The Labute approximate surface area is 618 Å². The average Bonchev–Trinajstić information content (AvgIpc) is 0.907. The maximum atomic E-state index is 13.1. The second kappa shape index (κ2) is 74.5. The molecule has 0 rings (SSSR count). The van der Waals surface area contributed by atoms with Crippen LogP contribution in [0.2, 0.25) is 0 Å². The van der Waals surface area contributed by atoms with E-state index in [-0.39, 0.29) is 25.7 Å². The van der Waals surface area contributed by atoms with Crippen LogP contribution in [0.4, 0.5) is 0 Å². The molecule has 584 valence electrons. The number of esters is 4. The lowest BCUT2D eigenvalue weighted by atomic mass is 10.1. The van der Waals surface area contributed by atoms with Crippen LogP contribution in [-0.2, 0) is 65.4 Å². The number of carbonyl (C=O) groups excluding carboxylic acids is 4. The molecule has 3 N–H and O–H groups in total. The van der Waals surface area contributed by atoms with Crippen LogP contribution in [-0.4, -0.2) is 96.7 Å². The minimum Gasteiger partial charge on any atom is -0.462 e. The molecule has 0 aliphatic heterocycles. The second-order valence-corrected chi connectivity index (χ2v) is 28.8. The van der Waals surface area contributed by atoms with Crippen LogP contribution in [0.15, 0.2) is 134 Å². The first-order valence-corrected chi connectivity index (χ1v) is 42.4. The van der Waals surface area contributed by atoms with Gasteiger partial charge >= 0.3 is 39.5 Å². The van der Waals surface area contributed by atoms with Crippen molar-refractivity contribution < 1.29 is 80.2 Å². The number of phosphoric acid groups is 2. The van der Waals surface area contributed by atoms with E-state index in [2.05, 4.69) is 161 Å². The number of aliphatic hydroxyl groups excluding tert-OH is 1. The Balaban J connectivity index is 5.37.